The summed E-state index contributed by atoms with van der Waals surface area (Å²) in [5, 5.41) is 0.172. The second kappa shape index (κ2) is 6.50. The van der Waals surface area contributed by atoms with E-state index < -0.39 is 8.32 Å². The van der Waals surface area contributed by atoms with Crippen molar-refractivity contribution in [2.45, 2.75) is 59.0 Å². The molecule has 0 aliphatic rings. The minimum atomic E-state index is -1.79. The fraction of sp³-hybridized carbons (Fsp3) is 0.600. The molecule has 0 saturated heterocycles. The highest BCUT2D eigenvalue weighted by atomic mass is 28.4. The molecule has 0 bridgehead atoms. The average molecular weight is 295 g/mol. The first kappa shape index (κ1) is 16.9. The number of carbonyl (C=O) groups is 1. The first-order chi connectivity index (χ1) is 9.13. The van der Waals surface area contributed by atoms with Crippen molar-refractivity contribution in [1.29, 1.82) is 0 Å². The van der Waals surface area contributed by atoms with Gasteiger partial charge in [-0.3, -0.25) is 9.78 Å². The van der Waals surface area contributed by atoms with Gasteiger partial charge in [-0.1, -0.05) is 26.8 Å². The van der Waals surface area contributed by atoms with E-state index in [2.05, 4.69) is 38.8 Å². The molecule has 112 valence electrons. The lowest BCUT2D eigenvalue weighted by Gasteiger charge is -2.36. The molecule has 0 saturated carbocycles. The van der Waals surface area contributed by atoms with Gasteiger partial charge in [0.2, 0.25) is 0 Å². The van der Waals surface area contributed by atoms with Crippen molar-refractivity contribution in [3.05, 3.63) is 29.6 Å². The Labute approximate surface area is 122 Å². The molecular formula is C15H25NO3Si. The Morgan fingerprint density at radius 3 is 2.50 bits per heavy atom. The van der Waals surface area contributed by atoms with Gasteiger partial charge in [0.05, 0.1) is 12.3 Å². The third-order valence-electron chi connectivity index (χ3n) is 3.79. The molecule has 0 spiro atoms. The summed E-state index contributed by atoms with van der Waals surface area (Å²) in [6.45, 7) is 13.2. The fourth-order valence-corrected chi connectivity index (χ4v) is 2.33. The number of pyridine rings is 1. The van der Waals surface area contributed by atoms with E-state index in [1.165, 1.54) is 6.92 Å². The zero-order valence-electron chi connectivity index (χ0n) is 13.3. The highest BCUT2D eigenvalue weighted by Crippen LogP contribution is 2.37. The van der Waals surface area contributed by atoms with Crippen LogP contribution < -0.4 is 0 Å². The third-order valence-corrected chi connectivity index (χ3v) is 8.27. The first-order valence-electron chi connectivity index (χ1n) is 6.83. The predicted octanol–water partition coefficient (Wildman–Crippen LogP) is 3.67. The molecule has 5 heteroatoms. The average Bonchev–Trinajstić information content (AvgIpc) is 2.33. The van der Waals surface area contributed by atoms with Crippen molar-refractivity contribution >= 4 is 14.3 Å². The summed E-state index contributed by atoms with van der Waals surface area (Å²) in [6.07, 6.45) is 1.70. The highest BCUT2D eigenvalue weighted by Gasteiger charge is 2.37. The molecule has 0 N–H and O–H groups in total. The van der Waals surface area contributed by atoms with Gasteiger partial charge in [0.1, 0.15) is 6.61 Å². The minimum Gasteiger partial charge on any atom is -0.459 e. The quantitative estimate of drug-likeness (QED) is 0.614. The van der Waals surface area contributed by atoms with Crippen LogP contribution in [0.25, 0.3) is 0 Å². The third kappa shape index (κ3) is 4.72. The molecule has 1 heterocycles. The van der Waals surface area contributed by atoms with Gasteiger partial charge in [-0.15, -0.1) is 0 Å². The molecule has 1 aromatic heterocycles. The SMILES string of the molecule is CC(=O)OCc1ncccc1CO[Si](C)(C)C(C)(C)C. The van der Waals surface area contributed by atoms with E-state index in [1.54, 1.807) is 6.20 Å². The topological polar surface area (TPSA) is 48.4 Å². The Kier molecular flexibility index (Phi) is 5.47. The standard InChI is InChI=1S/C15H25NO3Si/c1-12(17)18-11-14-13(8-7-9-16-14)10-19-20(5,6)15(2,3)4/h7-9H,10-11H2,1-6H3. The zero-order chi connectivity index (χ0) is 15.4. The number of hydrogen-bond donors (Lipinski definition) is 0. The van der Waals surface area contributed by atoms with Gasteiger partial charge < -0.3 is 9.16 Å². The van der Waals surface area contributed by atoms with Crippen LogP contribution >= 0.6 is 0 Å². The number of rotatable bonds is 5. The van der Waals surface area contributed by atoms with Crippen LogP contribution in [0.4, 0.5) is 0 Å². The van der Waals surface area contributed by atoms with E-state index in [4.69, 9.17) is 9.16 Å². The molecule has 0 radical (unpaired) electrons. The molecule has 0 atom stereocenters. The lowest BCUT2D eigenvalue weighted by Crippen LogP contribution is -2.40. The summed E-state index contributed by atoms with van der Waals surface area (Å²) in [6, 6.07) is 3.85. The van der Waals surface area contributed by atoms with Gasteiger partial charge in [0.25, 0.3) is 0 Å². The summed E-state index contributed by atoms with van der Waals surface area (Å²) in [5.74, 6) is -0.299. The van der Waals surface area contributed by atoms with E-state index in [1.807, 2.05) is 12.1 Å². The molecule has 0 amide bonds. The molecule has 4 nitrogen and oxygen atoms in total. The molecule has 1 rings (SSSR count). The van der Waals surface area contributed by atoms with Gasteiger partial charge in [0, 0.05) is 18.7 Å². The van der Waals surface area contributed by atoms with Crippen LogP contribution in [0.2, 0.25) is 18.1 Å². The molecule has 0 aliphatic carbocycles. The summed E-state index contributed by atoms with van der Waals surface area (Å²) in [7, 11) is -1.79. The minimum absolute atomic E-state index is 0.172. The van der Waals surface area contributed by atoms with Crippen molar-refractivity contribution in [2.24, 2.45) is 0 Å². The number of ether oxygens (including phenoxy) is 1. The second-order valence-electron chi connectivity index (χ2n) is 6.44. The fourth-order valence-electron chi connectivity index (χ4n) is 1.38. The Hall–Kier alpha value is -1.20. The van der Waals surface area contributed by atoms with Crippen LogP contribution in [0.15, 0.2) is 18.3 Å². The van der Waals surface area contributed by atoms with Crippen molar-refractivity contribution in [2.75, 3.05) is 0 Å². The van der Waals surface area contributed by atoms with Crippen LogP contribution in [0.1, 0.15) is 39.0 Å². The Balaban J connectivity index is 2.75. The molecule has 0 aromatic carbocycles. The maximum Gasteiger partial charge on any atom is 0.303 e. The molecule has 0 aliphatic heterocycles. The monoisotopic (exact) mass is 295 g/mol. The molecule has 20 heavy (non-hydrogen) atoms. The first-order valence-corrected chi connectivity index (χ1v) is 9.74. The smallest absolute Gasteiger partial charge is 0.303 e. The normalized spacial score (nSPS) is 12.3. The number of nitrogens with zero attached hydrogens (tertiary/aromatic N) is 1. The van der Waals surface area contributed by atoms with Crippen molar-refractivity contribution < 1.29 is 14.0 Å². The zero-order valence-corrected chi connectivity index (χ0v) is 14.3. The van der Waals surface area contributed by atoms with Crippen molar-refractivity contribution in [1.82, 2.24) is 4.98 Å². The van der Waals surface area contributed by atoms with Crippen molar-refractivity contribution in [3.8, 4) is 0 Å². The van der Waals surface area contributed by atoms with Crippen LogP contribution in [-0.2, 0) is 27.2 Å². The number of hydrogen-bond acceptors (Lipinski definition) is 4. The van der Waals surface area contributed by atoms with Gasteiger partial charge >= 0.3 is 5.97 Å². The van der Waals surface area contributed by atoms with E-state index >= 15 is 0 Å². The largest absolute Gasteiger partial charge is 0.459 e. The van der Waals surface area contributed by atoms with Crippen LogP contribution in [0, 0.1) is 0 Å². The number of esters is 1. The number of aromatic nitrogens is 1. The molecule has 0 fully saturated rings. The summed E-state index contributed by atoms with van der Waals surface area (Å²) in [4.78, 5) is 15.2. The Morgan fingerprint density at radius 1 is 1.30 bits per heavy atom. The number of carbonyl (C=O) groups excluding carboxylic acids is 1. The molecule has 0 unspecified atom stereocenters. The second-order valence-corrected chi connectivity index (χ2v) is 11.2. The lowest BCUT2D eigenvalue weighted by atomic mass is 10.2. The Morgan fingerprint density at radius 2 is 1.95 bits per heavy atom. The van der Waals surface area contributed by atoms with Crippen molar-refractivity contribution in [3.63, 3.8) is 0 Å². The van der Waals surface area contributed by atoms with E-state index in [9.17, 15) is 4.79 Å². The van der Waals surface area contributed by atoms with E-state index in [0.717, 1.165) is 11.3 Å². The lowest BCUT2D eigenvalue weighted by molar-refractivity contribution is -0.142. The van der Waals surface area contributed by atoms with E-state index in [-0.39, 0.29) is 17.6 Å². The predicted molar refractivity (Wildman–Crippen MR) is 81.7 cm³/mol. The van der Waals surface area contributed by atoms with Gasteiger partial charge in [-0.25, -0.2) is 0 Å². The van der Waals surface area contributed by atoms with Gasteiger partial charge in [0.15, 0.2) is 8.32 Å². The van der Waals surface area contributed by atoms with E-state index in [0.29, 0.717) is 6.61 Å². The molecule has 1 aromatic rings. The summed E-state index contributed by atoms with van der Waals surface area (Å²) >= 11 is 0. The summed E-state index contributed by atoms with van der Waals surface area (Å²) < 4.78 is 11.2. The van der Waals surface area contributed by atoms with Crippen LogP contribution in [-0.4, -0.2) is 19.3 Å². The summed E-state index contributed by atoms with van der Waals surface area (Å²) in [5.41, 5.74) is 1.75. The Bertz CT molecular complexity index is 466. The van der Waals surface area contributed by atoms with Crippen LogP contribution in [0.5, 0.6) is 0 Å². The van der Waals surface area contributed by atoms with Gasteiger partial charge in [-0.05, 0) is 24.2 Å². The maximum atomic E-state index is 10.9. The maximum absolute atomic E-state index is 10.9. The molecular weight excluding hydrogens is 270 g/mol. The van der Waals surface area contributed by atoms with Crippen LogP contribution in [0.3, 0.4) is 0 Å². The highest BCUT2D eigenvalue weighted by molar-refractivity contribution is 6.74. The van der Waals surface area contributed by atoms with Gasteiger partial charge in [-0.2, -0.15) is 0 Å².